The van der Waals surface area contributed by atoms with Crippen molar-refractivity contribution in [3.63, 3.8) is 0 Å². The lowest BCUT2D eigenvalue weighted by atomic mass is 9.88. The molecule has 0 heterocycles. The second-order valence-corrected chi connectivity index (χ2v) is 5.10. The fourth-order valence-corrected chi connectivity index (χ4v) is 1.71. The zero-order chi connectivity index (χ0) is 13.5. The second kappa shape index (κ2) is 7.27. The SMILES string of the molecule is BCC(C)Cc1ccc(N/C(C)=C(/C)CO)cc1. The summed E-state index contributed by atoms with van der Waals surface area (Å²) in [5.74, 6) is 0.738. The molecule has 0 aliphatic heterocycles. The van der Waals surface area contributed by atoms with Gasteiger partial charge in [0.1, 0.15) is 7.85 Å². The van der Waals surface area contributed by atoms with Crippen molar-refractivity contribution < 1.29 is 5.11 Å². The molecule has 1 rings (SSSR count). The number of benzene rings is 1. The minimum absolute atomic E-state index is 0.102. The molecular weight excluding hydrogens is 221 g/mol. The van der Waals surface area contributed by atoms with E-state index in [0.717, 1.165) is 29.3 Å². The number of hydrogen-bond acceptors (Lipinski definition) is 2. The summed E-state index contributed by atoms with van der Waals surface area (Å²) in [5.41, 5.74) is 4.45. The molecule has 0 saturated heterocycles. The molecule has 0 amide bonds. The Kier molecular flexibility index (Phi) is 6.00. The van der Waals surface area contributed by atoms with Gasteiger partial charge in [-0.3, -0.25) is 0 Å². The van der Waals surface area contributed by atoms with E-state index in [-0.39, 0.29) is 6.61 Å². The number of hydrogen-bond donors (Lipinski definition) is 2. The molecule has 1 unspecified atom stereocenters. The summed E-state index contributed by atoms with van der Waals surface area (Å²) in [7, 11) is 2.23. The molecule has 0 spiro atoms. The Labute approximate surface area is 112 Å². The Balaban J connectivity index is 2.66. The fourth-order valence-electron chi connectivity index (χ4n) is 1.71. The first-order chi connectivity index (χ1) is 8.56. The molecule has 0 aliphatic carbocycles. The number of nitrogens with one attached hydrogen (secondary N) is 1. The van der Waals surface area contributed by atoms with Gasteiger partial charge in [-0.25, -0.2) is 0 Å². The van der Waals surface area contributed by atoms with E-state index in [1.165, 1.54) is 11.9 Å². The van der Waals surface area contributed by atoms with Crippen molar-refractivity contribution in [2.24, 2.45) is 5.92 Å². The number of allylic oxidation sites excluding steroid dienone is 1. The highest BCUT2D eigenvalue weighted by Gasteiger charge is 2.02. The van der Waals surface area contributed by atoms with Gasteiger partial charge in [-0.1, -0.05) is 25.4 Å². The molecule has 2 N–H and O–H groups in total. The first-order valence-electron chi connectivity index (χ1n) is 6.70. The molecular formula is C15H24BNO. The van der Waals surface area contributed by atoms with Crippen molar-refractivity contribution in [2.75, 3.05) is 11.9 Å². The Morgan fingerprint density at radius 1 is 1.28 bits per heavy atom. The van der Waals surface area contributed by atoms with Crippen molar-refractivity contribution in [1.29, 1.82) is 0 Å². The van der Waals surface area contributed by atoms with E-state index in [4.69, 9.17) is 5.11 Å². The summed E-state index contributed by atoms with van der Waals surface area (Å²) < 4.78 is 0. The maximum Gasteiger partial charge on any atom is 0.101 e. The number of aliphatic hydroxyl groups excluding tert-OH is 1. The Bertz CT molecular complexity index is 397. The number of anilines is 1. The summed E-state index contributed by atoms with van der Waals surface area (Å²) in [6.07, 6.45) is 2.36. The average molecular weight is 245 g/mol. The molecule has 0 saturated carbocycles. The quantitative estimate of drug-likeness (QED) is 0.755. The molecule has 0 fully saturated rings. The predicted molar refractivity (Wildman–Crippen MR) is 81.7 cm³/mol. The van der Waals surface area contributed by atoms with Crippen molar-refractivity contribution in [3.8, 4) is 0 Å². The molecule has 2 nitrogen and oxygen atoms in total. The smallest absolute Gasteiger partial charge is 0.101 e. The van der Waals surface area contributed by atoms with Gasteiger partial charge in [-0.05, 0) is 49.5 Å². The first-order valence-corrected chi connectivity index (χ1v) is 6.70. The van der Waals surface area contributed by atoms with Gasteiger partial charge >= 0.3 is 0 Å². The van der Waals surface area contributed by atoms with Crippen LogP contribution in [0.2, 0.25) is 6.32 Å². The zero-order valence-electron chi connectivity index (χ0n) is 12.0. The van der Waals surface area contributed by atoms with E-state index in [2.05, 4.69) is 44.4 Å². The monoisotopic (exact) mass is 245 g/mol. The van der Waals surface area contributed by atoms with E-state index in [9.17, 15) is 0 Å². The van der Waals surface area contributed by atoms with Gasteiger partial charge in [0.25, 0.3) is 0 Å². The highest BCUT2D eigenvalue weighted by molar-refractivity contribution is 6.08. The van der Waals surface area contributed by atoms with Crippen LogP contribution in [0.5, 0.6) is 0 Å². The van der Waals surface area contributed by atoms with E-state index >= 15 is 0 Å². The van der Waals surface area contributed by atoms with Gasteiger partial charge in [-0.15, -0.1) is 0 Å². The standard InChI is InChI=1S/C15H24BNO/c1-11(9-16)8-14-4-6-15(7-5-14)17-13(3)12(2)10-18/h4-7,11,17-18H,8-10,16H2,1-3H3/b13-12-. The van der Waals surface area contributed by atoms with E-state index < -0.39 is 0 Å². The van der Waals surface area contributed by atoms with Crippen LogP contribution in [0.4, 0.5) is 5.69 Å². The number of aliphatic hydroxyl groups is 1. The third-order valence-electron chi connectivity index (χ3n) is 3.44. The van der Waals surface area contributed by atoms with Gasteiger partial charge < -0.3 is 10.4 Å². The zero-order valence-corrected chi connectivity index (χ0v) is 12.0. The van der Waals surface area contributed by atoms with E-state index in [0.29, 0.717) is 0 Å². The Hall–Kier alpha value is -1.22. The van der Waals surface area contributed by atoms with Crippen molar-refractivity contribution >= 4 is 13.5 Å². The molecule has 0 aliphatic rings. The molecule has 1 atom stereocenters. The van der Waals surface area contributed by atoms with Crippen LogP contribution in [-0.2, 0) is 6.42 Å². The summed E-state index contributed by atoms with van der Waals surface area (Å²) >= 11 is 0. The average Bonchev–Trinajstić information content (AvgIpc) is 2.39. The topological polar surface area (TPSA) is 32.3 Å². The van der Waals surface area contributed by atoms with Crippen LogP contribution in [0.1, 0.15) is 26.3 Å². The van der Waals surface area contributed by atoms with Crippen LogP contribution >= 0.6 is 0 Å². The fraction of sp³-hybridized carbons (Fsp3) is 0.467. The lowest BCUT2D eigenvalue weighted by Crippen LogP contribution is -2.02. The third kappa shape index (κ3) is 4.57. The van der Waals surface area contributed by atoms with E-state index in [1.54, 1.807) is 0 Å². The van der Waals surface area contributed by atoms with E-state index in [1.807, 2.05) is 13.8 Å². The van der Waals surface area contributed by atoms with Gasteiger partial charge in [0.2, 0.25) is 0 Å². The molecule has 98 valence electrons. The maximum absolute atomic E-state index is 9.06. The van der Waals surface area contributed by atoms with Crippen molar-refractivity contribution in [3.05, 3.63) is 41.1 Å². The van der Waals surface area contributed by atoms with Crippen LogP contribution in [0.15, 0.2) is 35.5 Å². The Morgan fingerprint density at radius 2 is 1.89 bits per heavy atom. The van der Waals surface area contributed by atoms with Crippen molar-refractivity contribution in [2.45, 2.75) is 33.5 Å². The Morgan fingerprint density at radius 3 is 2.39 bits per heavy atom. The van der Waals surface area contributed by atoms with Gasteiger partial charge in [-0.2, -0.15) is 0 Å². The second-order valence-electron chi connectivity index (χ2n) is 5.10. The summed E-state index contributed by atoms with van der Waals surface area (Å²) in [5, 5.41) is 12.4. The lowest BCUT2D eigenvalue weighted by molar-refractivity contribution is 0.330. The molecule has 0 radical (unpaired) electrons. The minimum Gasteiger partial charge on any atom is -0.392 e. The largest absolute Gasteiger partial charge is 0.392 e. The third-order valence-corrected chi connectivity index (χ3v) is 3.44. The van der Waals surface area contributed by atoms with Gasteiger partial charge in [0.05, 0.1) is 6.61 Å². The van der Waals surface area contributed by atoms with Crippen LogP contribution in [0.3, 0.4) is 0 Å². The molecule has 1 aromatic carbocycles. The highest BCUT2D eigenvalue weighted by atomic mass is 16.3. The first kappa shape index (κ1) is 14.8. The molecule has 3 heteroatoms. The molecule has 0 bridgehead atoms. The molecule has 18 heavy (non-hydrogen) atoms. The number of rotatable bonds is 6. The maximum atomic E-state index is 9.06. The molecule has 0 aromatic heterocycles. The normalized spacial score (nSPS) is 14.0. The summed E-state index contributed by atoms with van der Waals surface area (Å²) in [6.45, 7) is 6.30. The predicted octanol–water partition coefficient (Wildman–Crippen LogP) is 2.61. The molecule has 1 aromatic rings. The van der Waals surface area contributed by atoms with Crippen LogP contribution < -0.4 is 5.32 Å². The van der Waals surface area contributed by atoms with Crippen LogP contribution in [0.25, 0.3) is 0 Å². The lowest BCUT2D eigenvalue weighted by Gasteiger charge is -2.12. The van der Waals surface area contributed by atoms with Crippen molar-refractivity contribution in [1.82, 2.24) is 0 Å². The van der Waals surface area contributed by atoms with Crippen LogP contribution in [-0.4, -0.2) is 19.6 Å². The summed E-state index contributed by atoms with van der Waals surface area (Å²) in [4.78, 5) is 0. The summed E-state index contributed by atoms with van der Waals surface area (Å²) in [6, 6.07) is 8.56. The highest BCUT2D eigenvalue weighted by Crippen LogP contribution is 2.16. The minimum atomic E-state index is 0.102. The van der Waals surface area contributed by atoms with Crippen LogP contribution in [0, 0.1) is 5.92 Å². The van der Waals surface area contributed by atoms with Gasteiger partial charge in [0, 0.05) is 11.4 Å². The van der Waals surface area contributed by atoms with Gasteiger partial charge in [0.15, 0.2) is 0 Å².